The lowest BCUT2D eigenvalue weighted by Gasteiger charge is -2.27. The lowest BCUT2D eigenvalue weighted by molar-refractivity contribution is -0.145. The molecule has 0 bridgehead atoms. The highest BCUT2D eigenvalue weighted by atomic mass is 16.5. The van der Waals surface area contributed by atoms with E-state index in [2.05, 4.69) is 17.4 Å². The number of carbonyl (C=O) groups is 1. The third kappa shape index (κ3) is 4.64. The van der Waals surface area contributed by atoms with E-state index in [1.54, 1.807) is 0 Å². The molecule has 1 aromatic carbocycles. The zero-order valence-electron chi connectivity index (χ0n) is 12.3. The van der Waals surface area contributed by atoms with Crippen LogP contribution in [0.1, 0.15) is 44.6 Å². The summed E-state index contributed by atoms with van der Waals surface area (Å²) in [6.07, 6.45) is 6.89. The van der Waals surface area contributed by atoms with Crippen LogP contribution in [0, 0.1) is 0 Å². The minimum atomic E-state index is -0.222. The van der Waals surface area contributed by atoms with Crippen LogP contribution in [0.2, 0.25) is 0 Å². The second-order valence-corrected chi connectivity index (χ2v) is 5.50. The van der Waals surface area contributed by atoms with Crippen molar-refractivity contribution >= 4 is 5.97 Å². The number of ether oxygens (including phenoxy) is 1. The molecule has 1 aliphatic rings. The molecule has 0 heterocycles. The van der Waals surface area contributed by atoms with Gasteiger partial charge in [-0.25, -0.2) is 0 Å². The van der Waals surface area contributed by atoms with E-state index < -0.39 is 0 Å². The van der Waals surface area contributed by atoms with E-state index in [0.29, 0.717) is 19.1 Å². The fourth-order valence-corrected chi connectivity index (χ4v) is 2.86. The van der Waals surface area contributed by atoms with E-state index in [0.717, 1.165) is 0 Å². The molecule has 2 rings (SSSR count). The van der Waals surface area contributed by atoms with Crippen molar-refractivity contribution < 1.29 is 9.53 Å². The molecule has 1 atom stereocenters. The third-order valence-electron chi connectivity index (χ3n) is 3.90. The minimum absolute atomic E-state index is 0.123. The Morgan fingerprint density at radius 1 is 1.25 bits per heavy atom. The highest BCUT2D eigenvalue weighted by molar-refractivity contribution is 5.76. The van der Waals surface area contributed by atoms with Gasteiger partial charge in [-0.3, -0.25) is 4.79 Å². The summed E-state index contributed by atoms with van der Waals surface area (Å²) in [5, 5.41) is 3.51. The van der Waals surface area contributed by atoms with E-state index in [1.165, 1.54) is 37.7 Å². The smallest absolute Gasteiger partial charge is 0.323 e. The molecule has 1 fully saturated rings. The van der Waals surface area contributed by atoms with Gasteiger partial charge in [0, 0.05) is 6.04 Å². The molecule has 1 aromatic rings. The van der Waals surface area contributed by atoms with Crippen LogP contribution in [-0.2, 0) is 16.0 Å². The average Bonchev–Trinajstić information content (AvgIpc) is 2.49. The average molecular weight is 275 g/mol. The summed E-state index contributed by atoms with van der Waals surface area (Å²) in [5.74, 6) is -0.123. The van der Waals surface area contributed by atoms with Gasteiger partial charge in [-0.1, -0.05) is 49.6 Å². The van der Waals surface area contributed by atoms with Crippen LogP contribution < -0.4 is 5.32 Å². The zero-order valence-corrected chi connectivity index (χ0v) is 12.3. The summed E-state index contributed by atoms with van der Waals surface area (Å²) in [4.78, 5) is 12.1. The summed E-state index contributed by atoms with van der Waals surface area (Å²) in [5.41, 5.74) is 1.17. The Morgan fingerprint density at radius 2 is 1.95 bits per heavy atom. The van der Waals surface area contributed by atoms with Gasteiger partial charge in [-0.15, -0.1) is 0 Å². The summed E-state index contributed by atoms with van der Waals surface area (Å²) in [6.45, 7) is 2.30. The first-order valence-corrected chi connectivity index (χ1v) is 7.76. The van der Waals surface area contributed by atoms with Crippen LogP contribution in [0.3, 0.4) is 0 Å². The molecule has 3 nitrogen and oxygen atoms in total. The van der Waals surface area contributed by atoms with Crippen molar-refractivity contribution in [1.29, 1.82) is 0 Å². The van der Waals surface area contributed by atoms with Gasteiger partial charge in [0.2, 0.25) is 0 Å². The standard InChI is InChI=1S/C17H25NO2/c1-2-20-17(19)16(13-14-9-5-3-6-10-14)18-15-11-7-4-8-12-15/h3,5-6,9-10,15-16,18H,2,4,7-8,11-13H2,1H3. The van der Waals surface area contributed by atoms with Crippen LogP contribution >= 0.6 is 0 Å². The molecule has 0 saturated heterocycles. The number of carbonyl (C=O) groups excluding carboxylic acids is 1. The second kappa shape index (κ2) is 8.05. The van der Waals surface area contributed by atoms with Crippen LogP contribution in [0.5, 0.6) is 0 Å². The van der Waals surface area contributed by atoms with E-state index in [-0.39, 0.29) is 12.0 Å². The molecule has 1 saturated carbocycles. The largest absolute Gasteiger partial charge is 0.465 e. The summed E-state index contributed by atoms with van der Waals surface area (Å²) in [6, 6.07) is 10.4. The first-order valence-electron chi connectivity index (χ1n) is 7.76. The van der Waals surface area contributed by atoms with Crippen LogP contribution in [-0.4, -0.2) is 24.7 Å². The highest BCUT2D eigenvalue weighted by Crippen LogP contribution is 2.18. The Morgan fingerprint density at radius 3 is 2.60 bits per heavy atom. The topological polar surface area (TPSA) is 38.3 Å². The first-order chi connectivity index (χ1) is 9.79. The van der Waals surface area contributed by atoms with Gasteiger partial charge < -0.3 is 10.1 Å². The molecule has 20 heavy (non-hydrogen) atoms. The number of nitrogens with one attached hydrogen (secondary N) is 1. The minimum Gasteiger partial charge on any atom is -0.465 e. The van der Waals surface area contributed by atoms with Crippen molar-refractivity contribution in [3.63, 3.8) is 0 Å². The van der Waals surface area contributed by atoms with Gasteiger partial charge in [0.05, 0.1) is 6.61 Å². The lowest BCUT2D eigenvalue weighted by Crippen LogP contribution is -2.46. The predicted octanol–water partition coefficient (Wildman–Crippen LogP) is 3.08. The maximum atomic E-state index is 12.1. The fraction of sp³-hybridized carbons (Fsp3) is 0.588. The van der Waals surface area contributed by atoms with E-state index in [9.17, 15) is 4.79 Å². The number of esters is 1. The Balaban J connectivity index is 1.98. The Hall–Kier alpha value is -1.35. The monoisotopic (exact) mass is 275 g/mol. The number of benzene rings is 1. The molecule has 1 unspecified atom stereocenters. The Bertz CT molecular complexity index is 399. The van der Waals surface area contributed by atoms with E-state index in [4.69, 9.17) is 4.74 Å². The molecule has 3 heteroatoms. The molecule has 0 aromatic heterocycles. The molecule has 110 valence electrons. The maximum absolute atomic E-state index is 12.1. The summed E-state index contributed by atoms with van der Waals surface area (Å²) < 4.78 is 5.22. The van der Waals surface area contributed by atoms with Crippen molar-refractivity contribution in [3.05, 3.63) is 35.9 Å². The highest BCUT2D eigenvalue weighted by Gasteiger charge is 2.24. The molecular formula is C17H25NO2. The molecular weight excluding hydrogens is 250 g/mol. The number of rotatable bonds is 6. The van der Waals surface area contributed by atoms with Crippen molar-refractivity contribution in [2.75, 3.05) is 6.61 Å². The lowest BCUT2D eigenvalue weighted by atomic mass is 9.94. The van der Waals surface area contributed by atoms with E-state index >= 15 is 0 Å². The molecule has 1 N–H and O–H groups in total. The fourth-order valence-electron chi connectivity index (χ4n) is 2.86. The molecule has 0 aliphatic heterocycles. The van der Waals surface area contributed by atoms with E-state index in [1.807, 2.05) is 25.1 Å². The van der Waals surface area contributed by atoms with Crippen LogP contribution in [0.15, 0.2) is 30.3 Å². The maximum Gasteiger partial charge on any atom is 0.323 e. The third-order valence-corrected chi connectivity index (χ3v) is 3.90. The van der Waals surface area contributed by atoms with Crippen molar-refractivity contribution in [3.8, 4) is 0 Å². The second-order valence-electron chi connectivity index (χ2n) is 5.50. The van der Waals surface area contributed by atoms with Gasteiger partial charge >= 0.3 is 5.97 Å². The zero-order chi connectivity index (χ0) is 14.2. The number of hydrogen-bond donors (Lipinski definition) is 1. The van der Waals surface area contributed by atoms with Gasteiger partial charge in [0.15, 0.2) is 0 Å². The summed E-state index contributed by atoms with van der Waals surface area (Å²) >= 11 is 0. The van der Waals surface area contributed by atoms with Crippen molar-refractivity contribution in [2.24, 2.45) is 0 Å². The van der Waals surface area contributed by atoms with Crippen LogP contribution in [0.4, 0.5) is 0 Å². The molecule has 0 spiro atoms. The Kier molecular flexibility index (Phi) is 6.06. The Labute approximate surface area is 121 Å². The van der Waals surface area contributed by atoms with Crippen molar-refractivity contribution in [2.45, 2.75) is 57.5 Å². The first kappa shape index (κ1) is 15.0. The number of hydrogen-bond acceptors (Lipinski definition) is 3. The van der Waals surface area contributed by atoms with Gasteiger partial charge in [0.25, 0.3) is 0 Å². The molecule has 1 aliphatic carbocycles. The normalized spacial score (nSPS) is 17.6. The van der Waals surface area contributed by atoms with Gasteiger partial charge in [0.1, 0.15) is 6.04 Å². The quantitative estimate of drug-likeness (QED) is 0.811. The van der Waals surface area contributed by atoms with Crippen LogP contribution in [0.25, 0.3) is 0 Å². The SMILES string of the molecule is CCOC(=O)C(Cc1ccccc1)NC1CCCCC1. The summed E-state index contributed by atoms with van der Waals surface area (Å²) in [7, 11) is 0. The van der Waals surface area contributed by atoms with Gasteiger partial charge in [-0.2, -0.15) is 0 Å². The van der Waals surface area contributed by atoms with Crippen molar-refractivity contribution in [1.82, 2.24) is 5.32 Å². The molecule has 0 radical (unpaired) electrons. The predicted molar refractivity (Wildman–Crippen MR) is 80.6 cm³/mol. The van der Waals surface area contributed by atoms with Gasteiger partial charge in [-0.05, 0) is 31.7 Å². The molecule has 0 amide bonds.